The molecule has 0 saturated heterocycles. The highest BCUT2D eigenvalue weighted by molar-refractivity contribution is 6.32. The number of carbonyl (C=O) groups excluding carboxylic acids is 1. The summed E-state index contributed by atoms with van der Waals surface area (Å²) in [5, 5.41) is 9.07. The number of rotatable bonds is 6. The highest BCUT2D eigenvalue weighted by Gasteiger charge is 2.31. The summed E-state index contributed by atoms with van der Waals surface area (Å²) in [6, 6.07) is 8.95. The molecule has 0 N–H and O–H groups in total. The zero-order chi connectivity index (χ0) is 21.8. The van der Waals surface area contributed by atoms with E-state index in [9.17, 15) is 23.2 Å². The number of ether oxygens (including phenoxy) is 2. The highest BCUT2D eigenvalue weighted by Crippen LogP contribution is 2.37. The molecule has 0 aliphatic rings. The van der Waals surface area contributed by atoms with Gasteiger partial charge in [0.05, 0.1) is 16.1 Å². The second-order valence-corrected chi connectivity index (χ2v) is 6.67. The Morgan fingerprint density at radius 2 is 1.90 bits per heavy atom. The molecule has 2 rings (SSSR count). The van der Waals surface area contributed by atoms with Gasteiger partial charge in [-0.05, 0) is 36.8 Å². The Bertz CT molecular complexity index is 940. The van der Waals surface area contributed by atoms with Crippen LogP contribution in [0.3, 0.4) is 0 Å². The van der Waals surface area contributed by atoms with Crippen molar-refractivity contribution < 1.29 is 27.4 Å². The summed E-state index contributed by atoms with van der Waals surface area (Å²) in [4.78, 5) is 13.6. The normalized spacial score (nSPS) is 12.1. The van der Waals surface area contributed by atoms with Gasteiger partial charge in [-0.3, -0.25) is 4.79 Å². The molecule has 0 aromatic heterocycles. The Balaban J connectivity index is 2.31. The predicted molar refractivity (Wildman–Crippen MR) is 101 cm³/mol. The molecule has 1 amide bonds. The van der Waals surface area contributed by atoms with Crippen LogP contribution in [0.25, 0.3) is 0 Å². The van der Waals surface area contributed by atoms with Gasteiger partial charge in [-0.25, -0.2) is 0 Å². The SMILES string of the molecule is CCC(Oc1cc(Oc2ccc(C(F)(F)F)cc2Cl)ccc1C#N)C(=O)N(C)C. The Kier molecular flexibility index (Phi) is 6.98. The minimum atomic E-state index is -4.52. The van der Waals surface area contributed by atoms with E-state index >= 15 is 0 Å². The highest BCUT2D eigenvalue weighted by atomic mass is 35.5. The van der Waals surface area contributed by atoms with Crippen molar-refractivity contribution in [2.75, 3.05) is 14.1 Å². The lowest BCUT2D eigenvalue weighted by Gasteiger charge is -2.21. The fourth-order valence-corrected chi connectivity index (χ4v) is 2.61. The number of nitriles is 1. The summed E-state index contributed by atoms with van der Waals surface area (Å²) in [5.74, 6) is 0.0446. The van der Waals surface area contributed by atoms with Crippen molar-refractivity contribution in [3.05, 3.63) is 52.5 Å². The maximum atomic E-state index is 12.8. The smallest absolute Gasteiger partial charge is 0.416 e. The van der Waals surface area contributed by atoms with E-state index in [0.717, 1.165) is 18.2 Å². The van der Waals surface area contributed by atoms with Crippen LogP contribution in [0.2, 0.25) is 5.02 Å². The number of alkyl halides is 3. The minimum Gasteiger partial charge on any atom is -0.479 e. The van der Waals surface area contributed by atoms with Crippen LogP contribution in [0.4, 0.5) is 13.2 Å². The second kappa shape index (κ2) is 9.05. The van der Waals surface area contributed by atoms with Crippen LogP contribution in [0.15, 0.2) is 36.4 Å². The van der Waals surface area contributed by atoms with Gasteiger partial charge in [-0.15, -0.1) is 0 Å². The number of benzene rings is 2. The first-order valence-corrected chi connectivity index (χ1v) is 8.91. The van der Waals surface area contributed by atoms with Crippen LogP contribution in [0.1, 0.15) is 24.5 Å². The number of amides is 1. The van der Waals surface area contributed by atoms with Gasteiger partial charge in [0.2, 0.25) is 0 Å². The van der Waals surface area contributed by atoms with Crippen LogP contribution < -0.4 is 9.47 Å². The first kappa shape index (κ1) is 22.4. The molecule has 5 nitrogen and oxygen atoms in total. The molecule has 9 heteroatoms. The molecule has 0 fully saturated rings. The van der Waals surface area contributed by atoms with Gasteiger partial charge in [0.15, 0.2) is 6.10 Å². The van der Waals surface area contributed by atoms with E-state index in [4.69, 9.17) is 21.1 Å². The Morgan fingerprint density at radius 1 is 1.21 bits per heavy atom. The zero-order valence-electron chi connectivity index (χ0n) is 15.9. The first-order chi connectivity index (χ1) is 13.6. The molecule has 0 heterocycles. The van der Waals surface area contributed by atoms with E-state index in [1.165, 1.54) is 23.1 Å². The molecule has 0 bridgehead atoms. The molecule has 0 aliphatic carbocycles. The molecule has 2 aromatic carbocycles. The Labute approximate surface area is 171 Å². The van der Waals surface area contributed by atoms with E-state index in [-0.39, 0.29) is 33.7 Å². The van der Waals surface area contributed by atoms with Gasteiger partial charge >= 0.3 is 6.18 Å². The van der Waals surface area contributed by atoms with Gasteiger partial charge < -0.3 is 14.4 Å². The Morgan fingerprint density at radius 3 is 2.41 bits per heavy atom. The molecule has 0 saturated carbocycles. The van der Waals surface area contributed by atoms with Gasteiger partial charge in [0.1, 0.15) is 23.3 Å². The third-order valence-corrected chi connectivity index (χ3v) is 4.21. The van der Waals surface area contributed by atoms with E-state index in [1.807, 2.05) is 6.07 Å². The summed E-state index contributed by atoms with van der Waals surface area (Å²) >= 11 is 5.91. The lowest BCUT2D eigenvalue weighted by atomic mass is 10.2. The van der Waals surface area contributed by atoms with E-state index in [0.29, 0.717) is 6.42 Å². The average Bonchev–Trinajstić information content (AvgIpc) is 2.66. The summed E-state index contributed by atoms with van der Waals surface area (Å²) in [6.07, 6.45) is -4.95. The maximum absolute atomic E-state index is 12.8. The molecule has 29 heavy (non-hydrogen) atoms. The molecule has 1 unspecified atom stereocenters. The fraction of sp³-hybridized carbons (Fsp3) is 0.300. The van der Waals surface area contributed by atoms with Crippen LogP contribution in [0.5, 0.6) is 17.2 Å². The van der Waals surface area contributed by atoms with Crippen LogP contribution >= 0.6 is 11.6 Å². The maximum Gasteiger partial charge on any atom is 0.416 e. The molecule has 0 radical (unpaired) electrons. The number of hydrogen-bond acceptors (Lipinski definition) is 4. The summed E-state index contributed by atoms with van der Waals surface area (Å²) in [5.41, 5.74) is -0.715. The molecule has 154 valence electrons. The number of nitrogens with zero attached hydrogens (tertiary/aromatic N) is 2. The van der Waals surface area contributed by atoms with Gasteiger partial charge in [0.25, 0.3) is 5.91 Å². The van der Waals surface area contributed by atoms with Crippen molar-refractivity contribution in [1.82, 2.24) is 4.90 Å². The molecule has 2 aromatic rings. The summed E-state index contributed by atoms with van der Waals surface area (Å²) < 4.78 is 49.5. The van der Waals surface area contributed by atoms with Crippen molar-refractivity contribution in [3.8, 4) is 23.3 Å². The van der Waals surface area contributed by atoms with E-state index in [1.54, 1.807) is 21.0 Å². The lowest BCUT2D eigenvalue weighted by molar-refractivity contribution is -0.137. The van der Waals surface area contributed by atoms with Crippen LogP contribution in [0, 0.1) is 11.3 Å². The predicted octanol–water partition coefficient (Wildman–Crippen LogP) is 5.27. The third-order valence-electron chi connectivity index (χ3n) is 3.92. The van der Waals surface area contributed by atoms with Gasteiger partial charge in [-0.2, -0.15) is 18.4 Å². The zero-order valence-corrected chi connectivity index (χ0v) is 16.6. The van der Waals surface area contributed by atoms with Crippen molar-refractivity contribution >= 4 is 17.5 Å². The molecule has 1 atom stereocenters. The van der Waals surface area contributed by atoms with Crippen molar-refractivity contribution in [2.45, 2.75) is 25.6 Å². The largest absolute Gasteiger partial charge is 0.479 e. The number of carbonyl (C=O) groups is 1. The number of hydrogen-bond donors (Lipinski definition) is 0. The quantitative estimate of drug-likeness (QED) is 0.631. The van der Waals surface area contributed by atoms with Crippen LogP contribution in [-0.2, 0) is 11.0 Å². The monoisotopic (exact) mass is 426 g/mol. The third kappa shape index (κ3) is 5.55. The fourth-order valence-electron chi connectivity index (χ4n) is 2.39. The van der Waals surface area contributed by atoms with Crippen LogP contribution in [-0.4, -0.2) is 31.0 Å². The average molecular weight is 427 g/mol. The van der Waals surface area contributed by atoms with Crippen molar-refractivity contribution in [3.63, 3.8) is 0 Å². The standard InChI is InChI=1S/C20H18ClF3N2O3/c1-4-16(19(27)26(2)3)29-18-10-14(7-5-12(18)11-25)28-17-8-6-13(9-15(17)21)20(22,23)24/h5-10,16H,4H2,1-3H3. The molecular formula is C20H18ClF3N2O3. The second-order valence-electron chi connectivity index (χ2n) is 6.26. The lowest BCUT2D eigenvalue weighted by Crippen LogP contribution is -2.37. The molecule has 0 spiro atoms. The Hall–Kier alpha value is -2.92. The van der Waals surface area contributed by atoms with E-state index in [2.05, 4.69) is 0 Å². The number of likely N-dealkylation sites (N-methyl/N-ethyl adjacent to an activating group) is 1. The number of halogens is 4. The molecule has 0 aliphatic heterocycles. The van der Waals surface area contributed by atoms with Gasteiger partial charge in [-0.1, -0.05) is 18.5 Å². The summed E-state index contributed by atoms with van der Waals surface area (Å²) in [7, 11) is 3.18. The van der Waals surface area contributed by atoms with Crippen molar-refractivity contribution in [2.24, 2.45) is 0 Å². The summed E-state index contributed by atoms with van der Waals surface area (Å²) in [6.45, 7) is 1.76. The molecular weight excluding hydrogens is 409 g/mol. The van der Waals surface area contributed by atoms with Crippen molar-refractivity contribution in [1.29, 1.82) is 5.26 Å². The first-order valence-electron chi connectivity index (χ1n) is 8.53. The van der Waals surface area contributed by atoms with Gasteiger partial charge in [0, 0.05) is 20.2 Å². The van der Waals surface area contributed by atoms with E-state index < -0.39 is 17.8 Å². The minimum absolute atomic E-state index is 0.00623. The topological polar surface area (TPSA) is 62.6 Å².